The van der Waals surface area contributed by atoms with Crippen LogP contribution in [0.2, 0.25) is 0 Å². The summed E-state index contributed by atoms with van der Waals surface area (Å²) in [5, 5.41) is 12.7. The molecule has 0 spiro atoms. The van der Waals surface area contributed by atoms with Crippen molar-refractivity contribution < 1.29 is 4.74 Å². The average Bonchev–Trinajstić information content (AvgIpc) is 3.52. The van der Waals surface area contributed by atoms with E-state index in [1.807, 2.05) is 10.6 Å². The highest BCUT2D eigenvalue weighted by atomic mass is 16.5. The van der Waals surface area contributed by atoms with Crippen LogP contribution in [0.3, 0.4) is 0 Å². The summed E-state index contributed by atoms with van der Waals surface area (Å²) in [6.45, 7) is 1.62. The maximum atomic E-state index is 6.10. The highest BCUT2D eigenvalue weighted by Gasteiger charge is 2.24. The highest BCUT2D eigenvalue weighted by Crippen LogP contribution is 2.24. The molecule has 1 aliphatic rings. The first kappa shape index (κ1) is 18.1. The molecule has 0 saturated carbocycles. The van der Waals surface area contributed by atoms with Crippen molar-refractivity contribution in [1.29, 1.82) is 0 Å². The number of fused-ring (bicyclic) bond motifs is 1. The van der Waals surface area contributed by atoms with E-state index in [0.717, 1.165) is 31.5 Å². The number of benzene rings is 2. The number of ether oxygens (including phenoxy) is 1. The van der Waals surface area contributed by atoms with E-state index in [4.69, 9.17) is 4.74 Å². The molecule has 1 saturated heterocycles. The molecule has 2 aromatic heterocycles. The Bertz CT molecular complexity index is 1060. The molecule has 0 amide bonds. The zero-order valence-electron chi connectivity index (χ0n) is 16.3. The van der Waals surface area contributed by atoms with Gasteiger partial charge in [-0.25, -0.2) is 0 Å². The second kappa shape index (κ2) is 8.19. The minimum Gasteiger partial charge on any atom is -0.372 e. The summed E-state index contributed by atoms with van der Waals surface area (Å²) >= 11 is 0. The highest BCUT2D eigenvalue weighted by molar-refractivity contribution is 5.85. The molecular formula is C23H25N5O. The second-order valence-corrected chi connectivity index (χ2v) is 7.71. The number of aryl methyl sites for hydroxylation is 1. The Balaban J connectivity index is 1.18. The summed E-state index contributed by atoms with van der Waals surface area (Å²) in [6.07, 6.45) is 9.10. The minimum absolute atomic E-state index is 0.295. The monoisotopic (exact) mass is 387 g/mol. The van der Waals surface area contributed by atoms with E-state index in [0.29, 0.717) is 18.8 Å². The molecule has 3 heterocycles. The maximum absolute atomic E-state index is 6.10. The van der Waals surface area contributed by atoms with Crippen molar-refractivity contribution in [3.8, 4) is 5.69 Å². The summed E-state index contributed by atoms with van der Waals surface area (Å²) in [5.74, 6) is 0. The van der Waals surface area contributed by atoms with Crippen LogP contribution in [-0.4, -0.2) is 38.4 Å². The van der Waals surface area contributed by atoms with E-state index >= 15 is 0 Å². The van der Waals surface area contributed by atoms with Crippen LogP contribution in [0.1, 0.15) is 24.0 Å². The lowest BCUT2D eigenvalue weighted by molar-refractivity contribution is 0.0524. The van der Waals surface area contributed by atoms with Crippen LogP contribution >= 0.6 is 0 Å². The first-order valence-electron chi connectivity index (χ1n) is 10.2. The van der Waals surface area contributed by atoms with Crippen molar-refractivity contribution in [2.45, 2.75) is 38.0 Å². The number of hydrogen-bond donors (Lipinski definition) is 2. The van der Waals surface area contributed by atoms with Gasteiger partial charge in [-0.05, 0) is 48.6 Å². The van der Waals surface area contributed by atoms with Crippen LogP contribution in [0.15, 0.2) is 67.4 Å². The maximum Gasteiger partial charge on any atom is 0.123 e. The predicted molar refractivity (Wildman–Crippen MR) is 113 cm³/mol. The SMILES string of the molecule is c1ccc(CO[C@H]2CNC(CCc3c[nH]c4ccc(-n5cnnc5)cc34)C2)cc1. The van der Waals surface area contributed by atoms with Crippen molar-refractivity contribution in [2.24, 2.45) is 0 Å². The Labute approximate surface area is 169 Å². The van der Waals surface area contributed by atoms with Crippen LogP contribution in [0.25, 0.3) is 16.6 Å². The van der Waals surface area contributed by atoms with Gasteiger partial charge >= 0.3 is 0 Å². The summed E-state index contributed by atoms with van der Waals surface area (Å²) in [5.41, 5.74) is 4.83. The number of rotatable bonds is 7. The topological polar surface area (TPSA) is 67.8 Å². The molecule has 2 N–H and O–H groups in total. The zero-order valence-corrected chi connectivity index (χ0v) is 16.3. The third kappa shape index (κ3) is 4.09. The summed E-state index contributed by atoms with van der Waals surface area (Å²) < 4.78 is 8.03. The number of hydrogen-bond acceptors (Lipinski definition) is 4. The van der Waals surface area contributed by atoms with Crippen molar-refractivity contribution in [2.75, 3.05) is 6.54 Å². The number of aromatic nitrogens is 4. The van der Waals surface area contributed by atoms with Crippen LogP contribution in [0.5, 0.6) is 0 Å². The molecular weight excluding hydrogens is 362 g/mol. The molecule has 0 bridgehead atoms. The smallest absolute Gasteiger partial charge is 0.123 e. The van der Waals surface area contributed by atoms with Crippen molar-refractivity contribution in [3.05, 3.63) is 78.5 Å². The third-order valence-corrected chi connectivity index (χ3v) is 5.74. The largest absolute Gasteiger partial charge is 0.372 e. The van der Waals surface area contributed by atoms with Gasteiger partial charge in [0.2, 0.25) is 0 Å². The molecule has 0 radical (unpaired) electrons. The molecule has 29 heavy (non-hydrogen) atoms. The van der Waals surface area contributed by atoms with Gasteiger partial charge in [-0.2, -0.15) is 0 Å². The molecule has 1 fully saturated rings. The Kier molecular flexibility index (Phi) is 5.11. The van der Waals surface area contributed by atoms with E-state index < -0.39 is 0 Å². The second-order valence-electron chi connectivity index (χ2n) is 7.71. The average molecular weight is 387 g/mol. The first-order valence-corrected chi connectivity index (χ1v) is 10.2. The molecule has 148 valence electrons. The third-order valence-electron chi connectivity index (χ3n) is 5.74. The van der Waals surface area contributed by atoms with E-state index in [2.05, 4.69) is 69.2 Å². The van der Waals surface area contributed by atoms with Crippen molar-refractivity contribution in [1.82, 2.24) is 25.1 Å². The van der Waals surface area contributed by atoms with Gasteiger partial charge in [0.05, 0.1) is 12.7 Å². The van der Waals surface area contributed by atoms with Gasteiger partial charge < -0.3 is 15.0 Å². The number of aromatic amines is 1. The molecule has 2 aromatic carbocycles. The van der Waals surface area contributed by atoms with E-state index in [1.54, 1.807) is 12.7 Å². The number of nitrogens with zero attached hydrogens (tertiary/aromatic N) is 3. The summed E-state index contributed by atoms with van der Waals surface area (Å²) in [6, 6.07) is 17.3. The Morgan fingerprint density at radius 3 is 2.79 bits per heavy atom. The van der Waals surface area contributed by atoms with Crippen LogP contribution in [0, 0.1) is 0 Å². The summed E-state index contributed by atoms with van der Waals surface area (Å²) in [7, 11) is 0. The Morgan fingerprint density at radius 2 is 1.93 bits per heavy atom. The fourth-order valence-corrected chi connectivity index (χ4v) is 4.11. The van der Waals surface area contributed by atoms with Crippen LogP contribution in [-0.2, 0) is 17.8 Å². The fraction of sp³-hybridized carbons (Fsp3) is 0.304. The van der Waals surface area contributed by atoms with Crippen molar-refractivity contribution >= 4 is 10.9 Å². The molecule has 1 aliphatic heterocycles. The minimum atomic E-state index is 0.295. The lowest BCUT2D eigenvalue weighted by Gasteiger charge is -2.12. The van der Waals surface area contributed by atoms with Gasteiger partial charge in [-0.15, -0.1) is 10.2 Å². The van der Waals surface area contributed by atoms with Crippen molar-refractivity contribution in [3.63, 3.8) is 0 Å². The quantitative estimate of drug-likeness (QED) is 0.508. The normalized spacial score (nSPS) is 19.2. The van der Waals surface area contributed by atoms with Gasteiger partial charge in [0.1, 0.15) is 12.7 Å². The van der Waals surface area contributed by atoms with Crippen LogP contribution < -0.4 is 5.32 Å². The lowest BCUT2D eigenvalue weighted by Crippen LogP contribution is -2.22. The standard InChI is InChI=1S/C23H25N5O/c1-2-4-17(5-3-1)14-29-21-10-19(24-13-21)7-6-18-12-25-23-9-8-20(11-22(18)23)28-15-26-27-16-28/h1-5,8-9,11-12,15-16,19,21,24-25H,6-7,10,13-14H2/t19?,21-/m1/s1. The van der Waals surface area contributed by atoms with Gasteiger partial charge in [0, 0.05) is 35.4 Å². The fourth-order valence-electron chi connectivity index (χ4n) is 4.11. The molecule has 4 aromatic rings. The van der Waals surface area contributed by atoms with Gasteiger partial charge in [0.25, 0.3) is 0 Å². The van der Waals surface area contributed by atoms with Gasteiger partial charge in [-0.3, -0.25) is 4.57 Å². The molecule has 5 rings (SSSR count). The number of H-pyrrole nitrogens is 1. The predicted octanol–water partition coefficient (Wildman–Crippen LogP) is 3.63. The van der Waals surface area contributed by atoms with E-state index in [1.165, 1.54) is 22.0 Å². The summed E-state index contributed by atoms with van der Waals surface area (Å²) in [4.78, 5) is 3.40. The molecule has 0 aliphatic carbocycles. The molecule has 1 unspecified atom stereocenters. The van der Waals surface area contributed by atoms with Gasteiger partial charge in [-0.1, -0.05) is 30.3 Å². The molecule has 2 atom stereocenters. The Hall–Kier alpha value is -2.96. The first-order chi connectivity index (χ1) is 14.3. The van der Waals surface area contributed by atoms with E-state index in [9.17, 15) is 0 Å². The lowest BCUT2D eigenvalue weighted by atomic mass is 10.0. The van der Waals surface area contributed by atoms with E-state index in [-0.39, 0.29) is 0 Å². The Morgan fingerprint density at radius 1 is 1.07 bits per heavy atom. The molecule has 6 nitrogen and oxygen atoms in total. The number of nitrogens with one attached hydrogen (secondary N) is 2. The molecule has 6 heteroatoms. The van der Waals surface area contributed by atoms with Crippen LogP contribution in [0.4, 0.5) is 0 Å². The zero-order chi connectivity index (χ0) is 19.5. The van der Waals surface area contributed by atoms with Gasteiger partial charge in [0.15, 0.2) is 0 Å².